The minimum Gasteiger partial charge on any atom is -0.490 e. The summed E-state index contributed by atoms with van der Waals surface area (Å²) in [5.74, 6) is 1.000. The van der Waals surface area contributed by atoms with E-state index in [0.29, 0.717) is 6.10 Å². The van der Waals surface area contributed by atoms with Gasteiger partial charge in [0.25, 0.3) is 0 Å². The molecule has 1 aromatic carbocycles. The number of hydrogen-bond acceptors (Lipinski definition) is 3. The molecule has 1 fully saturated rings. The summed E-state index contributed by atoms with van der Waals surface area (Å²) >= 11 is 0. The van der Waals surface area contributed by atoms with E-state index in [0.717, 1.165) is 44.8 Å². The molecule has 18 heavy (non-hydrogen) atoms. The zero-order chi connectivity index (χ0) is 12.8. The van der Waals surface area contributed by atoms with Crippen LogP contribution >= 0.6 is 0 Å². The number of ether oxygens (including phenoxy) is 1. The second-order valence-corrected chi connectivity index (χ2v) is 4.79. The van der Waals surface area contributed by atoms with Gasteiger partial charge in [-0.1, -0.05) is 19.9 Å². The zero-order valence-corrected chi connectivity index (χ0v) is 11.5. The first-order valence-electron chi connectivity index (χ1n) is 7.06. The number of anilines is 1. The largest absolute Gasteiger partial charge is 0.490 e. The van der Waals surface area contributed by atoms with E-state index in [-0.39, 0.29) is 0 Å². The van der Waals surface area contributed by atoms with Crippen LogP contribution in [0.15, 0.2) is 24.3 Å². The van der Waals surface area contributed by atoms with Gasteiger partial charge in [-0.2, -0.15) is 0 Å². The summed E-state index contributed by atoms with van der Waals surface area (Å²) in [5.41, 5.74) is 1.28. The molecule has 1 aliphatic heterocycles. The molecule has 0 bridgehead atoms. The van der Waals surface area contributed by atoms with Crippen LogP contribution in [0.3, 0.4) is 0 Å². The lowest BCUT2D eigenvalue weighted by molar-refractivity contribution is 0.193. The molecular formula is C15H24N2O. The number of nitrogens with zero attached hydrogens (tertiary/aromatic N) is 1. The van der Waals surface area contributed by atoms with Gasteiger partial charge in [-0.25, -0.2) is 0 Å². The first-order chi connectivity index (χ1) is 8.83. The van der Waals surface area contributed by atoms with Crippen LogP contribution in [0.25, 0.3) is 0 Å². The fraction of sp³-hybridized carbons (Fsp3) is 0.600. The number of piperazine rings is 1. The maximum absolute atomic E-state index is 6.00. The van der Waals surface area contributed by atoms with Crippen LogP contribution in [-0.4, -0.2) is 32.3 Å². The number of benzene rings is 1. The van der Waals surface area contributed by atoms with Gasteiger partial charge in [-0.05, 0) is 25.0 Å². The van der Waals surface area contributed by atoms with Gasteiger partial charge in [-0.3, -0.25) is 0 Å². The minimum absolute atomic E-state index is 0.336. The van der Waals surface area contributed by atoms with E-state index in [9.17, 15) is 0 Å². The topological polar surface area (TPSA) is 24.5 Å². The van der Waals surface area contributed by atoms with Crippen molar-refractivity contribution in [2.24, 2.45) is 0 Å². The standard InChI is InChI=1S/C15H24N2O/c1-3-14(4-2)18-15-7-5-6-13(12-15)17-10-8-16-9-11-17/h5-7,12,14,16H,3-4,8-11H2,1-2H3. The second-order valence-electron chi connectivity index (χ2n) is 4.79. The number of hydrogen-bond donors (Lipinski definition) is 1. The Bertz CT molecular complexity index is 357. The van der Waals surface area contributed by atoms with E-state index in [1.165, 1.54) is 5.69 Å². The maximum atomic E-state index is 6.00. The number of rotatable bonds is 5. The van der Waals surface area contributed by atoms with Crippen molar-refractivity contribution in [1.82, 2.24) is 5.32 Å². The molecule has 0 radical (unpaired) electrons. The Morgan fingerprint density at radius 2 is 1.94 bits per heavy atom. The van der Waals surface area contributed by atoms with Crippen LogP contribution < -0.4 is 15.0 Å². The predicted molar refractivity (Wildman–Crippen MR) is 76.5 cm³/mol. The van der Waals surface area contributed by atoms with E-state index >= 15 is 0 Å². The van der Waals surface area contributed by atoms with Crippen LogP contribution in [0.2, 0.25) is 0 Å². The SMILES string of the molecule is CCC(CC)Oc1cccc(N2CCNCC2)c1. The molecule has 100 valence electrons. The highest BCUT2D eigenvalue weighted by Crippen LogP contribution is 2.23. The summed E-state index contributed by atoms with van der Waals surface area (Å²) in [5, 5.41) is 3.38. The minimum atomic E-state index is 0.336. The van der Waals surface area contributed by atoms with Gasteiger partial charge in [0.05, 0.1) is 6.10 Å². The zero-order valence-electron chi connectivity index (χ0n) is 11.5. The Morgan fingerprint density at radius 1 is 1.22 bits per heavy atom. The fourth-order valence-corrected chi connectivity index (χ4v) is 2.32. The average molecular weight is 248 g/mol. The summed E-state index contributed by atoms with van der Waals surface area (Å²) in [6, 6.07) is 8.49. The van der Waals surface area contributed by atoms with Gasteiger partial charge >= 0.3 is 0 Å². The number of nitrogens with one attached hydrogen (secondary N) is 1. The van der Waals surface area contributed by atoms with Gasteiger partial charge in [0.15, 0.2) is 0 Å². The van der Waals surface area contributed by atoms with Gasteiger partial charge in [-0.15, -0.1) is 0 Å². The lowest BCUT2D eigenvalue weighted by Gasteiger charge is -2.29. The Kier molecular flexibility index (Phi) is 4.88. The van der Waals surface area contributed by atoms with Crippen LogP contribution in [0, 0.1) is 0 Å². The summed E-state index contributed by atoms with van der Waals surface area (Å²) in [6.45, 7) is 8.64. The van der Waals surface area contributed by atoms with E-state index in [2.05, 4.69) is 48.3 Å². The molecule has 0 spiro atoms. The van der Waals surface area contributed by atoms with Crippen LogP contribution in [-0.2, 0) is 0 Å². The molecule has 0 amide bonds. The Balaban J connectivity index is 2.04. The van der Waals surface area contributed by atoms with Crippen LogP contribution in [0.4, 0.5) is 5.69 Å². The average Bonchev–Trinajstić information content (AvgIpc) is 2.46. The van der Waals surface area contributed by atoms with E-state index in [4.69, 9.17) is 4.74 Å². The van der Waals surface area contributed by atoms with Crippen molar-refractivity contribution in [3.8, 4) is 5.75 Å². The van der Waals surface area contributed by atoms with Crippen molar-refractivity contribution in [2.45, 2.75) is 32.8 Å². The fourth-order valence-electron chi connectivity index (χ4n) is 2.32. The van der Waals surface area contributed by atoms with Crippen molar-refractivity contribution in [2.75, 3.05) is 31.1 Å². The van der Waals surface area contributed by atoms with Crippen LogP contribution in [0.5, 0.6) is 5.75 Å². The highest BCUT2D eigenvalue weighted by atomic mass is 16.5. The first kappa shape index (κ1) is 13.2. The maximum Gasteiger partial charge on any atom is 0.121 e. The lowest BCUT2D eigenvalue weighted by Crippen LogP contribution is -2.43. The molecule has 0 atom stereocenters. The normalized spacial score (nSPS) is 16.1. The lowest BCUT2D eigenvalue weighted by atomic mass is 10.2. The summed E-state index contributed by atoms with van der Waals surface area (Å²) in [7, 11) is 0. The van der Waals surface area contributed by atoms with Crippen molar-refractivity contribution >= 4 is 5.69 Å². The summed E-state index contributed by atoms with van der Waals surface area (Å²) in [4.78, 5) is 2.41. The first-order valence-corrected chi connectivity index (χ1v) is 7.06. The molecule has 0 aliphatic carbocycles. The van der Waals surface area contributed by atoms with Gasteiger partial charge in [0.1, 0.15) is 5.75 Å². The molecule has 3 nitrogen and oxygen atoms in total. The molecule has 1 saturated heterocycles. The molecule has 1 aliphatic rings. The van der Waals surface area contributed by atoms with E-state index in [1.54, 1.807) is 0 Å². The molecule has 0 aromatic heterocycles. The smallest absolute Gasteiger partial charge is 0.121 e. The van der Waals surface area contributed by atoms with Crippen molar-refractivity contribution < 1.29 is 4.74 Å². The third kappa shape index (κ3) is 3.39. The molecule has 0 saturated carbocycles. The molecule has 1 aromatic rings. The Morgan fingerprint density at radius 3 is 2.61 bits per heavy atom. The van der Waals surface area contributed by atoms with Crippen molar-refractivity contribution in [1.29, 1.82) is 0 Å². The molecule has 3 heteroatoms. The van der Waals surface area contributed by atoms with Gasteiger partial charge < -0.3 is 15.0 Å². The third-order valence-corrected chi connectivity index (χ3v) is 3.51. The van der Waals surface area contributed by atoms with Crippen molar-refractivity contribution in [3.63, 3.8) is 0 Å². The highest BCUT2D eigenvalue weighted by Gasteiger charge is 2.11. The molecular weight excluding hydrogens is 224 g/mol. The third-order valence-electron chi connectivity index (χ3n) is 3.51. The molecule has 1 N–H and O–H groups in total. The monoisotopic (exact) mass is 248 g/mol. The summed E-state index contributed by atoms with van der Waals surface area (Å²) < 4.78 is 6.00. The molecule has 2 rings (SSSR count). The predicted octanol–water partition coefficient (Wildman–Crippen LogP) is 2.66. The second kappa shape index (κ2) is 6.64. The molecule has 1 heterocycles. The van der Waals surface area contributed by atoms with E-state index < -0.39 is 0 Å². The summed E-state index contributed by atoms with van der Waals surface area (Å²) in [6.07, 6.45) is 2.46. The highest BCUT2D eigenvalue weighted by molar-refractivity contribution is 5.51. The van der Waals surface area contributed by atoms with E-state index in [1.807, 2.05) is 0 Å². The quantitative estimate of drug-likeness (QED) is 0.867. The van der Waals surface area contributed by atoms with Crippen molar-refractivity contribution in [3.05, 3.63) is 24.3 Å². The Labute approximate surface area is 110 Å². The van der Waals surface area contributed by atoms with Crippen LogP contribution in [0.1, 0.15) is 26.7 Å². The molecule has 0 unspecified atom stereocenters. The van der Waals surface area contributed by atoms with Gasteiger partial charge in [0.2, 0.25) is 0 Å². The Hall–Kier alpha value is -1.22. The van der Waals surface area contributed by atoms with Gasteiger partial charge in [0, 0.05) is 37.9 Å².